The lowest BCUT2D eigenvalue weighted by atomic mass is 10.1. The van der Waals surface area contributed by atoms with E-state index in [9.17, 15) is 19.2 Å². The van der Waals surface area contributed by atoms with Gasteiger partial charge in [0.2, 0.25) is 17.7 Å². The quantitative estimate of drug-likeness (QED) is 0.568. The van der Waals surface area contributed by atoms with Crippen LogP contribution in [0.4, 0.5) is 0 Å². The molecule has 4 amide bonds. The van der Waals surface area contributed by atoms with E-state index < -0.39 is 0 Å². The molecule has 0 bridgehead atoms. The number of fused-ring (bicyclic) bond motifs is 1. The summed E-state index contributed by atoms with van der Waals surface area (Å²) in [5, 5.41) is 4.86. The second-order valence-corrected chi connectivity index (χ2v) is 8.16. The Balaban J connectivity index is 1.26. The van der Waals surface area contributed by atoms with Crippen molar-refractivity contribution in [2.45, 2.75) is 12.8 Å². The van der Waals surface area contributed by atoms with E-state index in [0.29, 0.717) is 43.0 Å². The number of likely N-dealkylation sites (tertiary alicyclic amines) is 1. The highest BCUT2D eigenvalue weighted by molar-refractivity contribution is 6.04. The normalized spacial score (nSPS) is 16.7. The van der Waals surface area contributed by atoms with E-state index in [4.69, 9.17) is 4.52 Å². The van der Waals surface area contributed by atoms with Crippen molar-refractivity contribution in [1.29, 1.82) is 0 Å². The van der Waals surface area contributed by atoms with Gasteiger partial charge in [-0.25, -0.2) is 0 Å². The summed E-state index contributed by atoms with van der Waals surface area (Å²) in [6, 6.07) is 14.9. The number of rotatable bonds is 4. The molecular weight excluding hydrogens is 424 g/mol. The van der Waals surface area contributed by atoms with Gasteiger partial charge in [-0.05, 0) is 18.2 Å². The fourth-order valence-electron chi connectivity index (χ4n) is 4.25. The maximum atomic E-state index is 13.1. The molecule has 2 aromatic carbocycles. The molecule has 2 aliphatic heterocycles. The standard InChI is InChI=1S/C24H22N4O5/c29-20-8-9-21(30)28(20)15-22(31)26-10-12-27(13-11-26)24(32)17-6-7-19-18(14-17)23(33-25-19)16-4-2-1-3-5-16/h1-7,14H,8-13,15H2. The number of hydrogen-bond donors (Lipinski definition) is 0. The minimum absolute atomic E-state index is 0.130. The van der Waals surface area contributed by atoms with E-state index >= 15 is 0 Å². The van der Waals surface area contributed by atoms with Crippen molar-refractivity contribution in [2.24, 2.45) is 0 Å². The second kappa shape index (κ2) is 8.50. The molecule has 5 rings (SSSR count). The van der Waals surface area contributed by atoms with Gasteiger partial charge in [0, 0.05) is 50.1 Å². The summed E-state index contributed by atoms with van der Waals surface area (Å²) >= 11 is 0. The van der Waals surface area contributed by atoms with Crippen molar-refractivity contribution in [3.05, 3.63) is 54.1 Å². The summed E-state index contributed by atoms with van der Waals surface area (Å²) < 4.78 is 5.52. The van der Waals surface area contributed by atoms with Crippen LogP contribution in [0.25, 0.3) is 22.2 Å². The van der Waals surface area contributed by atoms with E-state index in [-0.39, 0.29) is 43.0 Å². The van der Waals surface area contributed by atoms with E-state index in [1.807, 2.05) is 30.3 Å². The zero-order chi connectivity index (χ0) is 22.9. The molecule has 3 heterocycles. The van der Waals surface area contributed by atoms with Crippen LogP contribution in [0.2, 0.25) is 0 Å². The molecule has 0 saturated carbocycles. The number of imide groups is 1. The Morgan fingerprint density at radius 2 is 1.55 bits per heavy atom. The van der Waals surface area contributed by atoms with Crippen molar-refractivity contribution in [3.63, 3.8) is 0 Å². The van der Waals surface area contributed by atoms with Crippen LogP contribution in [0.3, 0.4) is 0 Å². The van der Waals surface area contributed by atoms with Gasteiger partial charge in [-0.15, -0.1) is 0 Å². The largest absolute Gasteiger partial charge is 0.355 e. The average molecular weight is 446 g/mol. The van der Waals surface area contributed by atoms with Gasteiger partial charge < -0.3 is 14.3 Å². The average Bonchev–Trinajstić information content (AvgIpc) is 3.42. The number of carbonyl (C=O) groups excluding carboxylic acids is 4. The first-order chi connectivity index (χ1) is 16.0. The maximum Gasteiger partial charge on any atom is 0.254 e. The number of carbonyl (C=O) groups is 4. The summed E-state index contributed by atoms with van der Waals surface area (Å²) in [6.45, 7) is 1.23. The Hall–Kier alpha value is -4.01. The summed E-state index contributed by atoms with van der Waals surface area (Å²) in [7, 11) is 0. The van der Waals surface area contributed by atoms with Crippen molar-refractivity contribution in [2.75, 3.05) is 32.7 Å². The zero-order valence-corrected chi connectivity index (χ0v) is 17.9. The molecule has 1 aromatic heterocycles. The molecule has 0 N–H and O–H groups in total. The van der Waals surface area contributed by atoms with E-state index in [1.165, 1.54) is 0 Å². The molecule has 0 spiro atoms. The molecule has 3 aromatic rings. The van der Waals surface area contributed by atoms with Gasteiger partial charge in [0.25, 0.3) is 5.91 Å². The minimum Gasteiger partial charge on any atom is -0.355 e. The van der Waals surface area contributed by atoms with E-state index in [1.54, 1.807) is 28.0 Å². The van der Waals surface area contributed by atoms with Crippen molar-refractivity contribution >= 4 is 34.5 Å². The van der Waals surface area contributed by atoms with Crippen LogP contribution in [0.15, 0.2) is 53.1 Å². The number of piperazine rings is 1. The molecular formula is C24H22N4O5. The van der Waals surface area contributed by atoms with Crippen molar-refractivity contribution < 1.29 is 23.7 Å². The van der Waals surface area contributed by atoms with Gasteiger partial charge in [0.05, 0.1) is 5.39 Å². The third kappa shape index (κ3) is 3.97. The number of aromatic nitrogens is 1. The number of amides is 4. The third-order valence-electron chi connectivity index (χ3n) is 6.13. The Bertz CT molecular complexity index is 1230. The molecule has 33 heavy (non-hydrogen) atoms. The van der Waals surface area contributed by atoms with Crippen LogP contribution in [-0.4, -0.2) is 76.2 Å². The Morgan fingerprint density at radius 1 is 0.879 bits per heavy atom. The van der Waals surface area contributed by atoms with Crippen molar-refractivity contribution in [1.82, 2.24) is 19.9 Å². The first-order valence-corrected chi connectivity index (χ1v) is 10.9. The van der Waals surface area contributed by atoms with Crippen molar-refractivity contribution in [3.8, 4) is 11.3 Å². The third-order valence-corrected chi connectivity index (χ3v) is 6.13. The highest BCUT2D eigenvalue weighted by atomic mass is 16.5. The molecule has 0 aliphatic carbocycles. The van der Waals surface area contributed by atoms with Gasteiger partial charge in [-0.1, -0.05) is 35.5 Å². The molecule has 0 unspecified atom stereocenters. The Morgan fingerprint density at radius 3 is 2.24 bits per heavy atom. The number of benzene rings is 2. The number of nitrogens with zero attached hydrogens (tertiary/aromatic N) is 4. The molecule has 9 heteroatoms. The van der Waals surface area contributed by atoms with Gasteiger partial charge in [0.1, 0.15) is 12.1 Å². The SMILES string of the molecule is O=C(CN1C(=O)CCC1=O)N1CCN(C(=O)c2ccc3noc(-c4ccccc4)c3c2)CC1. The minimum atomic E-state index is -0.304. The Kier molecular flexibility index (Phi) is 5.37. The molecule has 0 radical (unpaired) electrons. The zero-order valence-electron chi connectivity index (χ0n) is 17.9. The fraction of sp³-hybridized carbons (Fsp3) is 0.292. The molecule has 2 aliphatic rings. The Labute approximate surface area is 189 Å². The summed E-state index contributed by atoms with van der Waals surface area (Å²) in [6.07, 6.45) is 0.327. The van der Waals surface area contributed by atoms with Crippen LogP contribution < -0.4 is 0 Å². The predicted octanol–water partition coefficient (Wildman–Crippen LogP) is 1.93. The van der Waals surface area contributed by atoms with Gasteiger partial charge in [-0.3, -0.25) is 24.1 Å². The lowest BCUT2D eigenvalue weighted by Crippen LogP contribution is -2.53. The molecule has 2 fully saturated rings. The summed E-state index contributed by atoms with van der Waals surface area (Å²) in [5.74, 6) is -0.401. The van der Waals surface area contributed by atoms with Crippen LogP contribution in [0, 0.1) is 0 Å². The lowest BCUT2D eigenvalue weighted by molar-refractivity contribution is -0.146. The first kappa shape index (κ1) is 20.9. The fourth-order valence-corrected chi connectivity index (χ4v) is 4.25. The highest BCUT2D eigenvalue weighted by Crippen LogP contribution is 2.29. The predicted molar refractivity (Wildman–Crippen MR) is 118 cm³/mol. The van der Waals surface area contributed by atoms with E-state index in [2.05, 4.69) is 5.16 Å². The highest BCUT2D eigenvalue weighted by Gasteiger charge is 2.33. The van der Waals surface area contributed by atoms with Crippen LogP contribution in [0.1, 0.15) is 23.2 Å². The smallest absolute Gasteiger partial charge is 0.254 e. The number of hydrogen-bond acceptors (Lipinski definition) is 6. The molecule has 9 nitrogen and oxygen atoms in total. The van der Waals surface area contributed by atoms with Gasteiger partial charge in [-0.2, -0.15) is 0 Å². The molecule has 2 saturated heterocycles. The van der Waals surface area contributed by atoms with Gasteiger partial charge >= 0.3 is 0 Å². The first-order valence-electron chi connectivity index (χ1n) is 10.9. The van der Waals surface area contributed by atoms with E-state index in [0.717, 1.165) is 15.8 Å². The van der Waals surface area contributed by atoms with Crippen LogP contribution in [0.5, 0.6) is 0 Å². The monoisotopic (exact) mass is 446 g/mol. The lowest BCUT2D eigenvalue weighted by Gasteiger charge is -2.35. The maximum absolute atomic E-state index is 13.1. The second-order valence-electron chi connectivity index (χ2n) is 8.16. The molecule has 168 valence electrons. The molecule has 0 atom stereocenters. The van der Waals surface area contributed by atoms with Crippen LogP contribution in [-0.2, 0) is 14.4 Å². The summed E-state index contributed by atoms with van der Waals surface area (Å²) in [5.41, 5.74) is 2.08. The van der Waals surface area contributed by atoms with Crippen LogP contribution >= 0.6 is 0 Å². The summed E-state index contributed by atoms with van der Waals surface area (Å²) in [4.78, 5) is 53.5. The van der Waals surface area contributed by atoms with Gasteiger partial charge in [0.15, 0.2) is 5.76 Å². The topological polar surface area (TPSA) is 104 Å².